The van der Waals surface area contributed by atoms with Crippen LogP contribution in [0.15, 0.2) is 30.3 Å². The van der Waals surface area contributed by atoms with E-state index in [9.17, 15) is 9.59 Å². The van der Waals surface area contributed by atoms with Crippen molar-refractivity contribution in [3.8, 4) is 0 Å². The summed E-state index contributed by atoms with van der Waals surface area (Å²) in [5, 5.41) is 9.93. The number of nitrogens with zero attached hydrogens (tertiary/aromatic N) is 2. The average Bonchev–Trinajstić information content (AvgIpc) is 2.92. The van der Waals surface area contributed by atoms with E-state index < -0.39 is 12.1 Å². The van der Waals surface area contributed by atoms with E-state index in [0.717, 1.165) is 10.9 Å². The maximum atomic E-state index is 12.9. The van der Waals surface area contributed by atoms with Gasteiger partial charge in [-0.3, -0.25) is 9.59 Å². The molecule has 0 bridgehead atoms. The lowest BCUT2D eigenvalue weighted by molar-refractivity contribution is -0.141. The molecule has 122 valence electrons. The quantitative estimate of drug-likeness (QED) is 0.936. The van der Waals surface area contributed by atoms with Crippen LogP contribution in [0.4, 0.5) is 0 Å². The number of carbonyl (C=O) groups excluding carboxylic acids is 1. The maximum Gasteiger partial charge on any atom is 0.306 e. The van der Waals surface area contributed by atoms with Gasteiger partial charge < -0.3 is 19.3 Å². The molecule has 0 spiro atoms. The summed E-state index contributed by atoms with van der Waals surface area (Å²) in [4.78, 5) is 25.4. The monoisotopic (exact) mass is 316 g/mol. The van der Waals surface area contributed by atoms with Crippen molar-refractivity contribution in [3.05, 3.63) is 36.0 Å². The van der Waals surface area contributed by atoms with Gasteiger partial charge in [0.1, 0.15) is 5.69 Å². The minimum atomic E-state index is -0.910. The Morgan fingerprint density at radius 1 is 1.35 bits per heavy atom. The molecule has 1 atom stereocenters. The Morgan fingerprint density at radius 2 is 2.13 bits per heavy atom. The molecule has 2 heterocycles. The molecule has 1 N–H and O–H groups in total. The number of ether oxygens (including phenoxy) is 1. The van der Waals surface area contributed by atoms with Crippen LogP contribution in [-0.4, -0.2) is 52.3 Å². The second-order valence-corrected chi connectivity index (χ2v) is 5.67. The molecule has 1 saturated heterocycles. The van der Waals surface area contributed by atoms with Crippen molar-refractivity contribution in [2.24, 2.45) is 0 Å². The first kappa shape index (κ1) is 15.6. The van der Waals surface area contributed by atoms with Crippen LogP contribution in [0.25, 0.3) is 10.9 Å². The highest BCUT2D eigenvalue weighted by Crippen LogP contribution is 2.22. The fourth-order valence-electron chi connectivity index (χ4n) is 3.11. The first-order chi connectivity index (χ1) is 11.1. The number of morpholine rings is 1. The third kappa shape index (κ3) is 3.07. The van der Waals surface area contributed by atoms with Gasteiger partial charge in [0, 0.05) is 30.5 Å². The molecule has 6 heteroatoms. The Balaban J connectivity index is 1.86. The fraction of sp³-hybridized carbons (Fsp3) is 0.412. The van der Waals surface area contributed by atoms with Gasteiger partial charge in [0.05, 0.1) is 19.1 Å². The fourth-order valence-corrected chi connectivity index (χ4v) is 3.11. The summed E-state index contributed by atoms with van der Waals surface area (Å²) in [6.07, 6.45) is -0.523. The molecule has 0 saturated carbocycles. The number of rotatable bonds is 4. The average molecular weight is 316 g/mol. The van der Waals surface area contributed by atoms with Crippen molar-refractivity contribution in [3.63, 3.8) is 0 Å². The topological polar surface area (TPSA) is 71.8 Å². The zero-order valence-electron chi connectivity index (χ0n) is 13.1. The third-order valence-electron chi connectivity index (χ3n) is 4.17. The molecule has 23 heavy (non-hydrogen) atoms. The standard InChI is InChI=1S/C17H20N2O4/c1-2-19-14-6-4-3-5-12(14)9-15(19)17(22)18-7-8-23-13(11-18)10-16(20)21/h3-6,9,13H,2,7-8,10-11H2,1H3,(H,20,21)/t13-/m1/s1. The number of aryl methyl sites for hydroxylation is 1. The minimum Gasteiger partial charge on any atom is -0.481 e. The van der Waals surface area contributed by atoms with Gasteiger partial charge in [-0.15, -0.1) is 0 Å². The van der Waals surface area contributed by atoms with Gasteiger partial charge in [-0.05, 0) is 19.1 Å². The molecule has 1 aromatic carbocycles. The van der Waals surface area contributed by atoms with E-state index in [1.807, 2.05) is 41.8 Å². The van der Waals surface area contributed by atoms with E-state index in [-0.39, 0.29) is 12.3 Å². The summed E-state index contributed by atoms with van der Waals surface area (Å²) in [5.41, 5.74) is 1.68. The largest absolute Gasteiger partial charge is 0.481 e. The highest BCUT2D eigenvalue weighted by atomic mass is 16.5. The van der Waals surface area contributed by atoms with Crippen molar-refractivity contribution in [1.82, 2.24) is 9.47 Å². The van der Waals surface area contributed by atoms with Crippen LogP contribution < -0.4 is 0 Å². The van der Waals surface area contributed by atoms with Crippen molar-refractivity contribution < 1.29 is 19.4 Å². The lowest BCUT2D eigenvalue weighted by atomic mass is 10.2. The molecule has 0 aliphatic carbocycles. The second-order valence-electron chi connectivity index (χ2n) is 5.67. The number of carboxylic acid groups (broad SMARTS) is 1. The van der Waals surface area contributed by atoms with Crippen LogP contribution in [0.2, 0.25) is 0 Å². The molecule has 6 nitrogen and oxygen atoms in total. The first-order valence-electron chi connectivity index (χ1n) is 7.81. The molecule has 2 aromatic rings. The predicted octanol–water partition coefficient (Wildman–Crippen LogP) is 1.98. The number of fused-ring (bicyclic) bond motifs is 1. The summed E-state index contributed by atoms with van der Waals surface area (Å²) < 4.78 is 7.44. The molecule has 0 unspecified atom stereocenters. The Labute approximate surface area is 134 Å². The van der Waals surface area contributed by atoms with Crippen molar-refractivity contribution >= 4 is 22.8 Å². The van der Waals surface area contributed by atoms with Gasteiger partial charge in [0.15, 0.2) is 0 Å². The van der Waals surface area contributed by atoms with E-state index in [1.165, 1.54) is 0 Å². The van der Waals surface area contributed by atoms with Crippen LogP contribution in [0.3, 0.4) is 0 Å². The molecule has 1 amide bonds. The van der Waals surface area contributed by atoms with E-state index in [1.54, 1.807) is 4.90 Å². The van der Waals surface area contributed by atoms with Crippen molar-refractivity contribution in [1.29, 1.82) is 0 Å². The van der Waals surface area contributed by atoms with E-state index in [0.29, 0.717) is 31.9 Å². The number of hydrogen-bond donors (Lipinski definition) is 1. The molecular formula is C17H20N2O4. The van der Waals surface area contributed by atoms with Crippen molar-refractivity contribution in [2.45, 2.75) is 26.0 Å². The zero-order chi connectivity index (χ0) is 16.4. The highest BCUT2D eigenvalue weighted by Gasteiger charge is 2.28. The summed E-state index contributed by atoms with van der Waals surface area (Å²) in [6.45, 7) is 3.89. The van der Waals surface area contributed by atoms with Crippen LogP contribution in [0.5, 0.6) is 0 Å². The highest BCUT2D eigenvalue weighted by molar-refractivity contribution is 5.98. The normalized spacial score (nSPS) is 18.3. The van der Waals surface area contributed by atoms with Crippen LogP contribution in [0.1, 0.15) is 23.8 Å². The molecule has 3 rings (SSSR count). The van der Waals surface area contributed by atoms with E-state index in [2.05, 4.69) is 0 Å². The summed E-state index contributed by atoms with van der Waals surface area (Å²) in [7, 11) is 0. The van der Waals surface area contributed by atoms with E-state index in [4.69, 9.17) is 9.84 Å². The number of aromatic nitrogens is 1. The number of benzene rings is 1. The van der Waals surface area contributed by atoms with Crippen LogP contribution in [-0.2, 0) is 16.1 Å². The van der Waals surface area contributed by atoms with Gasteiger partial charge >= 0.3 is 5.97 Å². The zero-order valence-corrected chi connectivity index (χ0v) is 13.1. The molecular weight excluding hydrogens is 296 g/mol. The maximum absolute atomic E-state index is 12.9. The van der Waals surface area contributed by atoms with Crippen LogP contribution in [0, 0.1) is 0 Å². The van der Waals surface area contributed by atoms with E-state index >= 15 is 0 Å². The lowest BCUT2D eigenvalue weighted by Crippen LogP contribution is -2.46. The van der Waals surface area contributed by atoms with Gasteiger partial charge in [-0.2, -0.15) is 0 Å². The number of hydrogen-bond acceptors (Lipinski definition) is 3. The van der Waals surface area contributed by atoms with Crippen molar-refractivity contribution in [2.75, 3.05) is 19.7 Å². The van der Waals surface area contributed by atoms with Gasteiger partial charge in [0.25, 0.3) is 5.91 Å². The Kier molecular flexibility index (Phi) is 4.34. The summed E-state index contributed by atoms with van der Waals surface area (Å²) >= 11 is 0. The Hall–Kier alpha value is -2.34. The molecule has 1 aliphatic heterocycles. The predicted molar refractivity (Wildman–Crippen MR) is 85.5 cm³/mol. The smallest absolute Gasteiger partial charge is 0.306 e. The lowest BCUT2D eigenvalue weighted by Gasteiger charge is -2.32. The number of amides is 1. The number of carbonyl (C=O) groups is 2. The van der Waals surface area contributed by atoms with Crippen LogP contribution >= 0.6 is 0 Å². The van der Waals surface area contributed by atoms with Gasteiger partial charge in [-0.25, -0.2) is 0 Å². The first-order valence-corrected chi connectivity index (χ1v) is 7.81. The molecule has 1 fully saturated rings. The number of carboxylic acids is 1. The molecule has 1 aliphatic rings. The second kappa shape index (κ2) is 6.42. The van der Waals surface area contributed by atoms with Gasteiger partial charge in [0.2, 0.25) is 0 Å². The minimum absolute atomic E-state index is 0.0678. The van der Waals surface area contributed by atoms with Gasteiger partial charge in [-0.1, -0.05) is 18.2 Å². The molecule has 0 radical (unpaired) electrons. The summed E-state index contributed by atoms with van der Waals surface area (Å²) in [6, 6.07) is 9.81. The molecule has 1 aromatic heterocycles. The SMILES string of the molecule is CCn1c(C(=O)N2CCO[C@H](CC(=O)O)C2)cc2ccccc21. The summed E-state index contributed by atoms with van der Waals surface area (Å²) in [5.74, 6) is -0.978. The Bertz CT molecular complexity index is 737. The Morgan fingerprint density at radius 3 is 2.87 bits per heavy atom. The number of para-hydroxylation sites is 1. The number of aliphatic carboxylic acids is 1. The third-order valence-corrected chi connectivity index (χ3v) is 4.17.